The topological polar surface area (TPSA) is 43.6 Å². The minimum absolute atomic E-state index is 0.0381. The first kappa shape index (κ1) is 12.6. The Morgan fingerprint density at radius 2 is 2.14 bits per heavy atom. The number of rotatable bonds is 1. The fraction of sp³-hybridized carbons (Fsp3) is 0.125. The maximum Gasteiger partial charge on any atom is 0.199 e. The average molecular weight is 343 g/mol. The molecule has 1 atom stereocenters. The van der Waals surface area contributed by atoms with E-state index >= 15 is 0 Å². The first-order chi connectivity index (χ1) is 10.2. The Bertz CT molecular complexity index is 856. The van der Waals surface area contributed by atoms with Crippen LogP contribution in [-0.2, 0) is 11.2 Å². The number of carbonyl (C=O) groups is 1. The van der Waals surface area contributed by atoms with Gasteiger partial charge in [-0.1, -0.05) is 18.2 Å². The molecule has 3 aromatic rings. The van der Waals surface area contributed by atoms with Gasteiger partial charge in [0.15, 0.2) is 11.9 Å². The highest BCUT2D eigenvalue weighted by Gasteiger charge is 2.30. The van der Waals surface area contributed by atoms with Gasteiger partial charge in [0.05, 0.1) is 12.0 Å². The van der Waals surface area contributed by atoms with E-state index in [0.717, 1.165) is 21.3 Å². The van der Waals surface area contributed by atoms with Crippen LogP contribution in [0.2, 0.25) is 0 Å². The van der Waals surface area contributed by atoms with E-state index in [2.05, 4.69) is 20.9 Å². The van der Waals surface area contributed by atoms with Crippen LogP contribution in [0.1, 0.15) is 17.4 Å². The smallest absolute Gasteiger partial charge is 0.199 e. The van der Waals surface area contributed by atoms with Crippen molar-refractivity contribution < 1.29 is 9.53 Å². The van der Waals surface area contributed by atoms with E-state index < -0.39 is 6.10 Å². The van der Waals surface area contributed by atoms with Gasteiger partial charge in [-0.25, -0.2) is 4.98 Å². The standard InChI is InChI=1S/C16H11BrN2O2/c17-11-6-12-7-13(18-9-19(12)8-11)16-14(20)5-10-3-1-2-4-15(10)21-16/h1-4,6-9,16H,5H2. The second-order valence-electron chi connectivity index (χ2n) is 5.05. The molecule has 1 unspecified atom stereocenters. The van der Waals surface area contributed by atoms with Gasteiger partial charge in [0.2, 0.25) is 0 Å². The molecule has 0 fully saturated rings. The van der Waals surface area contributed by atoms with Crippen molar-refractivity contribution in [1.82, 2.24) is 9.38 Å². The largest absolute Gasteiger partial charge is 0.476 e. The van der Waals surface area contributed by atoms with Gasteiger partial charge in [-0.05, 0) is 34.1 Å². The quantitative estimate of drug-likeness (QED) is 0.681. The zero-order valence-corrected chi connectivity index (χ0v) is 12.6. The number of ketones is 1. The van der Waals surface area contributed by atoms with Crippen LogP contribution in [0.3, 0.4) is 0 Å². The van der Waals surface area contributed by atoms with Crippen molar-refractivity contribution in [2.45, 2.75) is 12.5 Å². The number of benzene rings is 1. The number of ether oxygens (including phenoxy) is 1. The molecule has 0 spiro atoms. The lowest BCUT2D eigenvalue weighted by atomic mass is 9.99. The predicted molar refractivity (Wildman–Crippen MR) is 81.4 cm³/mol. The van der Waals surface area contributed by atoms with Crippen LogP contribution in [0.15, 0.2) is 53.4 Å². The molecule has 0 saturated carbocycles. The van der Waals surface area contributed by atoms with E-state index in [-0.39, 0.29) is 5.78 Å². The van der Waals surface area contributed by atoms with Crippen LogP contribution >= 0.6 is 15.9 Å². The molecule has 3 heterocycles. The highest BCUT2D eigenvalue weighted by atomic mass is 79.9. The zero-order chi connectivity index (χ0) is 14.4. The minimum atomic E-state index is -0.626. The Balaban J connectivity index is 1.76. The van der Waals surface area contributed by atoms with Crippen molar-refractivity contribution in [3.8, 4) is 5.75 Å². The van der Waals surface area contributed by atoms with Gasteiger partial charge in [0, 0.05) is 28.2 Å². The summed E-state index contributed by atoms with van der Waals surface area (Å²) >= 11 is 3.43. The summed E-state index contributed by atoms with van der Waals surface area (Å²) in [4.78, 5) is 16.7. The van der Waals surface area contributed by atoms with Crippen molar-refractivity contribution in [3.63, 3.8) is 0 Å². The van der Waals surface area contributed by atoms with Crippen molar-refractivity contribution in [2.75, 3.05) is 0 Å². The normalized spacial score (nSPS) is 17.6. The number of nitrogens with zero attached hydrogens (tertiary/aromatic N) is 2. The Kier molecular flexibility index (Phi) is 2.82. The molecule has 1 aliphatic heterocycles. The number of hydrogen-bond donors (Lipinski definition) is 0. The lowest BCUT2D eigenvalue weighted by Gasteiger charge is -2.24. The van der Waals surface area contributed by atoms with Gasteiger partial charge in [-0.2, -0.15) is 0 Å². The fourth-order valence-corrected chi connectivity index (χ4v) is 3.06. The van der Waals surface area contributed by atoms with Gasteiger partial charge in [0.1, 0.15) is 5.75 Å². The maximum absolute atomic E-state index is 12.3. The van der Waals surface area contributed by atoms with Crippen LogP contribution in [0.4, 0.5) is 0 Å². The third-order valence-electron chi connectivity index (χ3n) is 3.62. The van der Waals surface area contributed by atoms with E-state index in [1.807, 2.05) is 47.0 Å². The minimum Gasteiger partial charge on any atom is -0.476 e. The molecule has 0 saturated heterocycles. The summed E-state index contributed by atoms with van der Waals surface area (Å²) in [6.07, 6.45) is 3.38. The predicted octanol–water partition coefficient (Wildman–Crippen LogP) is 3.34. The van der Waals surface area contributed by atoms with Crippen LogP contribution in [0.5, 0.6) is 5.75 Å². The van der Waals surface area contributed by atoms with Gasteiger partial charge >= 0.3 is 0 Å². The summed E-state index contributed by atoms with van der Waals surface area (Å²) in [5, 5.41) is 0. The van der Waals surface area contributed by atoms with Crippen LogP contribution in [0, 0.1) is 0 Å². The molecule has 4 nitrogen and oxygen atoms in total. The van der Waals surface area contributed by atoms with E-state index in [9.17, 15) is 4.79 Å². The van der Waals surface area contributed by atoms with Gasteiger partial charge in [0.25, 0.3) is 0 Å². The molecule has 0 bridgehead atoms. The molecule has 0 radical (unpaired) electrons. The first-order valence-electron chi connectivity index (χ1n) is 6.61. The monoisotopic (exact) mass is 342 g/mol. The summed E-state index contributed by atoms with van der Waals surface area (Å²) in [6, 6.07) is 11.5. The molecular weight excluding hydrogens is 332 g/mol. The Morgan fingerprint density at radius 1 is 1.29 bits per heavy atom. The van der Waals surface area contributed by atoms with E-state index in [4.69, 9.17) is 4.74 Å². The lowest BCUT2D eigenvalue weighted by Crippen LogP contribution is -2.26. The number of hydrogen-bond acceptors (Lipinski definition) is 3. The average Bonchev–Trinajstić information content (AvgIpc) is 2.85. The third kappa shape index (κ3) is 2.14. The zero-order valence-electron chi connectivity index (χ0n) is 11.0. The van der Waals surface area contributed by atoms with Crippen molar-refractivity contribution in [1.29, 1.82) is 0 Å². The number of aromatic nitrogens is 2. The Labute approximate surface area is 129 Å². The third-order valence-corrected chi connectivity index (χ3v) is 4.05. The van der Waals surface area contributed by atoms with E-state index in [0.29, 0.717) is 12.1 Å². The molecule has 5 heteroatoms. The summed E-state index contributed by atoms with van der Waals surface area (Å²) < 4.78 is 8.73. The van der Waals surface area contributed by atoms with Gasteiger partial charge in [-0.15, -0.1) is 0 Å². The molecule has 1 aliphatic rings. The first-order valence-corrected chi connectivity index (χ1v) is 7.40. The van der Waals surface area contributed by atoms with Crippen molar-refractivity contribution in [2.24, 2.45) is 0 Å². The number of carbonyl (C=O) groups excluding carboxylic acids is 1. The molecule has 0 aliphatic carbocycles. The number of Topliss-reactive ketones (excluding diaryl/α,β-unsaturated/α-hetero) is 1. The Morgan fingerprint density at radius 3 is 3.05 bits per heavy atom. The fourth-order valence-electron chi connectivity index (χ4n) is 2.60. The highest BCUT2D eigenvalue weighted by Crippen LogP contribution is 2.32. The molecule has 21 heavy (non-hydrogen) atoms. The SMILES string of the molecule is O=C1Cc2ccccc2OC1c1cc2cc(Br)cn2cn1. The van der Waals surface area contributed by atoms with Crippen molar-refractivity contribution in [3.05, 3.63) is 64.7 Å². The number of halogens is 1. The molecule has 4 rings (SSSR count). The number of para-hydroxylation sites is 1. The molecular formula is C16H11BrN2O2. The summed E-state index contributed by atoms with van der Waals surface area (Å²) in [5.74, 6) is 0.802. The van der Waals surface area contributed by atoms with Crippen molar-refractivity contribution >= 4 is 27.2 Å². The van der Waals surface area contributed by atoms with E-state index in [1.165, 1.54) is 0 Å². The number of fused-ring (bicyclic) bond motifs is 2. The molecule has 0 N–H and O–H groups in total. The molecule has 1 aromatic carbocycles. The van der Waals surface area contributed by atoms with Crippen LogP contribution in [-0.4, -0.2) is 15.2 Å². The van der Waals surface area contributed by atoms with Gasteiger partial charge < -0.3 is 9.14 Å². The maximum atomic E-state index is 12.3. The summed E-state index contributed by atoms with van der Waals surface area (Å²) in [7, 11) is 0. The van der Waals surface area contributed by atoms with E-state index in [1.54, 1.807) is 6.33 Å². The molecule has 2 aromatic heterocycles. The van der Waals surface area contributed by atoms with Crippen LogP contribution < -0.4 is 4.74 Å². The molecule has 0 amide bonds. The summed E-state index contributed by atoms with van der Waals surface area (Å²) in [5.41, 5.74) is 2.56. The highest BCUT2D eigenvalue weighted by molar-refractivity contribution is 9.10. The Hall–Kier alpha value is -2.14. The lowest BCUT2D eigenvalue weighted by molar-refractivity contribution is -0.126. The van der Waals surface area contributed by atoms with Crippen LogP contribution in [0.25, 0.3) is 5.52 Å². The molecule has 104 valence electrons. The second kappa shape index (κ2) is 4.70. The second-order valence-corrected chi connectivity index (χ2v) is 5.97. The van der Waals surface area contributed by atoms with Gasteiger partial charge in [-0.3, -0.25) is 4.79 Å². The summed E-state index contributed by atoms with van der Waals surface area (Å²) in [6.45, 7) is 0.